The minimum Gasteiger partial charge on any atom is -0.350 e. The zero-order valence-corrected chi connectivity index (χ0v) is 11.8. The maximum Gasteiger partial charge on any atom is 0.234 e. The summed E-state index contributed by atoms with van der Waals surface area (Å²) < 4.78 is 0. The van der Waals surface area contributed by atoms with Gasteiger partial charge in [-0.2, -0.15) is 0 Å². The highest BCUT2D eigenvalue weighted by Gasteiger charge is 2.36. The van der Waals surface area contributed by atoms with Crippen molar-refractivity contribution in [3.63, 3.8) is 0 Å². The monoisotopic (exact) mass is 261 g/mol. The highest BCUT2D eigenvalue weighted by atomic mass is 35.5. The van der Waals surface area contributed by atoms with Crippen molar-refractivity contribution in [1.82, 2.24) is 15.5 Å². The Labute approximate surface area is 110 Å². The normalized spacial score (nSPS) is 28.6. The zero-order valence-electron chi connectivity index (χ0n) is 11.0. The van der Waals surface area contributed by atoms with E-state index in [2.05, 4.69) is 15.5 Å². The first-order valence-electron chi connectivity index (χ1n) is 6.18. The first-order valence-corrected chi connectivity index (χ1v) is 6.18. The standard InChI is InChI=1S/C12H23N3O.ClH/c1-12(2,3)14-11(16)8-15-6-9-4-13-5-10(9)7-15;/h9-10,13H,4-8H2,1-3H3,(H,14,16);1H/t9-,10+;. The number of hydrogen-bond acceptors (Lipinski definition) is 3. The van der Waals surface area contributed by atoms with Crippen LogP contribution in [-0.4, -0.2) is 49.1 Å². The van der Waals surface area contributed by atoms with E-state index >= 15 is 0 Å². The number of carbonyl (C=O) groups excluding carboxylic acids is 1. The number of fused-ring (bicyclic) bond motifs is 1. The summed E-state index contributed by atoms with van der Waals surface area (Å²) in [7, 11) is 0. The third-order valence-corrected chi connectivity index (χ3v) is 3.35. The molecule has 5 heteroatoms. The van der Waals surface area contributed by atoms with Crippen molar-refractivity contribution in [3.8, 4) is 0 Å². The molecule has 1 amide bonds. The summed E-state index contributed by atoms with van der Waals surface area (Å²) >= 11 is 0. The molecule has 2 rings (SSSR count). The zero-order chi connectivity index (χ0) is 11.8. The minimum absolute atomic E-state index is 0. The lowest BCUT2D eigenvalue weighted by molar-refractivity contribution is -0.123. The van der Waals surface area contributed by atoms with Crippen LogP contribution in [0.1, 0.15) is 20.8 Å². The second kappa shape index (κ2) is 5.55. The molecule has 0 bridgehead atoms. The Morgan fingerprint density at radius 2 is 1.82 bits per heavy atom. The molecular formula is C12H24ClN3O. The second-order valence-electron chi connectivity index (χ2n) is 6.17. The number of halogens is 1. The molecule has 2 saturated heterocycles. The quantitative estimate of drug-likeness (QED) is 0.760. The van der Waals surface area contributed by atoms with Crippen LogP contribution in [0.5, 0.6) is 0 Å². The van der Waals surface area contributed by atoms with Gasteiger partial charge in [0.2, 0.25) is 5.91 Å². The van der Waals surface area contributed by atoms with Gasteiger partial charge in [-0.3, -0.25) is 9.69 Å². The van der Waals surface area contributed by atoms with Crippen LogP contribution >= 0.6 is 12.4 Å². The van der Waals surface area contributed by atoms with Gasteiger partial charge >= 0.3 is 0 Å². The van der Waals surface area contributed by atoms with Crippen LogP contribution in [0.2, 0.25) is 0 Å². The predicted molar refractivity (Wildman–Crippen MR) is 71.4 cm³/mol. The lowest BCUT2D eigenvalue weighted by atomic mass is 10.0. The lowest BCUT2D eigenvalue weighted by Gasteiger charge is -2.23. The molecule has 0 radical (unpaired) electrons. The van der Waals surface area contributed by atoms with Crippen LogP contribution in [0.15, 0.2) is 0 Å². The van der Waals surface area contributed by atoms with Crippen LogP contribution in [0.25, 0.3) is 0 Å². The maximum atomic E-state index is 11.8. The number of carbonyl (C=O) groups is 1. The topological polar surface area (TPSA) is 44.4 Å². The van der Waals surface area contributed by atoms with Gasteiger partial charge in [0.1, 0.15) is 0 Å². The van der Waals surface area contributed by atoms with Gasteiger partial charge in [-0.1, -0.05) is 0 Å². The van der Waals surface area contributed by atoms with Gasteiger partial charge in [-0.05, 0) is 45.7 Å². The number of likely N-dealkylation sites (tertiary alicyclic amines) is 1. The number of amides is 1. The van der Waals surface area contributed by atoms with Gasteiger partial charge in [0.25, 0.3) is 0 Å². The number of rotatable bonds is 2. The lowest BCUT2D eigenvalue weighted by Crippen LogP contribution is -2.45. The maximum absolute atomic E-state index is 11.8. The Kier molecular flexibility index (Phi) is 4.81. The molecule has 2 aliphatic rings. The van der Waals surface area contributed by atoms with E-state index in [9.17, 15) is 4.79 Å². The van der Waals surface area contributed by atoms with E-state index in [-0.39, 0.29) is 23.9 Å². The van der Waals surface area contributed by atoms with Crippen LogP contribution in [-0.2, 0) is 4.79 Å². The highest BCUT2D eigenvalue weighted by molar-refractivity contribution is 5.85. The van der Waals surface area contributed by atoms with Crippen molar-refractivity contribution in [1.29, 1.82) is 0 Å². The van der Waals surface area contributed by atoms with Crippen molar-refractivity contribution in [2.45, 2.75) is 26.3 Å². The molecule has 100 valence electrons. The van der Waals surface area contributed by atoms with Crippen LogP contribution in [0.3, 0.4) is 0 Å². The fourth-order valence-corrected chi connectivity index (χ4v) is 2.74. The summed E-state index contributed by atoms with van der Waals surface area (Å²) in [6.07, 6.45) is 0. The molecule has 2 atom stereocenters. The first kappa shape index (κ1) is 14.7. The molecule has 0 spiro atoms. The molecule has 4 nitrogen and oxygen atoms in total. The van der Waals surface area contributed by atoms with Gasteiger partial charge in [0, 0.05) is 18.6 Å². The molecule has 2 N–H and O–H groups in total. The Morgan fingerprint density at radius 3 is 2.29 bits per heavy atom. The van der Waals surface area contributed by atoms with E-state index in [1.54, 1.807) is 0 Å². The van der Waals surface area contributed by atoms with E-state index < -0.39 is 0 Å². The molecule has 17 heavy (non-hydrogen) atoms. The Morgan fingerprint density at radius 1 is 1.29 bits per heavy atom. The Hall–Kier alpha value is -0.320. The fraction of sp³-hybridized carbons (Fsp3) is 0.917. The van der Waals surface area contributed by atoms with E-state index in [4.69, 9.17) is 0 Å². The second-order valence-corrected chi connectivity index (χ2v) is 6.17. The van der Waals surface area contributed by atoms with E-state index in [0.29, 0.717) is 6.54 Å². The largest absolute Gasteiger partial charge is 0.350 e. The van der Waals surface area contributed by atoms with Gasteiger partial charge in [0.15, 0.2) is 0 Å². The number of hydrogen-bond donors (Lipinski definition) is 2. The summed E-state index contributed by atoms with van der Waals surface area (Å²) in [4.78, 5) is 14.1. The third-order valence-electron chi connectivity index (χ3n) is 3.35. The van der Waals surface area contributed by atoms with Crippen molar-refractivity contribution < 1.29 is 4.79 Å². The molecule has 2 heterocycles. The Balaban J connectivity index is 0.00000144. The van der Waals surface area contributed by atoms with Crippen molar-refractivity contribution in [2.24, 2.45) is 11.8 Å². The van der Waals surface area contributed by atoms with Crippen LogP contribution < -0.4 is 10.6 Å². The van der Waals surface area contributed by atoms with E-state index in [1.807, 2.05) is 20.8 Å². The van der Waals surface area contributed by atoms with Crippen molar-refractivity contribution >= 4 is 18.3 Å². The van der Waals surface area contributed by atoms with Gasteiger partial charge in [0.05, 0.1) is 6.54 Å². The average Bonchev–Trinajstić information content (AvgIpc) is 2.58. The number of nitrogens with zero attached hydrogens (tertiary/aromatic N) is 1. The third kappa shape index (κ3) is 4.12. The molecule has 0 unspecified atom stereocenters. The SMILES string of the molecule is CC(C)(C)NC(=O)CN1C[C@H]2CNC[C@H]2C1.Cl. The van der Waals surface area contributed by atoms with Crippen molar-refractivity contribution in [3.05, 3.63) is 0 Å². The molecular weight excluding hydrogens is 238 g/mol. The average molecular weight is 262 g/mol. The van der Waals surface area contributed by atoms with E-state index in [1.165, 1.54) is 0 Å². The van der Waals surface area contributed by atoms with E-state index in [0.717, 1.165) is 38.0 Å². The summed E-state index contributed by atoms with van der Waals surface area (Å²) in [6, 6.07) is 0. The number of nitrogens with one attached hydrogen (secondary N) is 2. The predicted octanol–water partition coefficient (Wildman–Crippen LogP) is 0.474. The fourth-order valence-electron chi connectivity index (χ4n) is 2.74. The van der Waals surface area contributed by atoms with Crippen molar-refractivity contribution in [2.75, 3.05) is 32.7 Å². The Bertz CT molecular complexity index is 265. The molecule has 0 aromatic heterocycles. The summed E-state index contributed by atoms with van der Waals surface area (Å²) in [5.74, 6) is 1.69. The molecule has 0 aromatic carbocycles. The smallest absolute Gasteiger partial charge is 0.234 e. The first-order chi connectivity index (χ1) is 7.44. The summed E-state index contributed by atoms with van der Waals surface area (Å²) in [6.45, 7) is 11.0. The van der Waals surface area contributed by atoms with Gasteiger partial charge in [-0.25, -0.2) is 0 Å². The summed E-state index contributed by atoms with van der Waals surface area (Å²) in [5.41, 5.74) is -0.117. The summed E-state index contributed by atoms with van der Waals surface area (Å²) in [5, 5.41) is 6.42. The van der Waals surface area contributed by atoms with Crippen LogP contribution in [0.4, 0.5) is 0 Å². The molecule has 0 aliphatic carbocycles. The molecule has 0 aromatic rings. The highest BCUT2D eigenvalue weighted by Crippen LogP contribution is 2.25. The van der Waals surface area contributed by atoms with Gasteiger partial charge < -0.3 is 10.6 Å². The molecule has 2 aliphatic heterocycles. The molecule has 2 fully saturated rings. The van der Waals surface area contributed by atoms with Gasteiger partial charge in [-0.15, -0.1) is 12.4 Å². The molecule has 0 saturated carbocycles. The van der Waals surface area contributed by atoms with Crippen LogP contribution in [0, 0.1) is 11.8 Å². The minimum atomic E-state index is -0.117.